The molecule has 0 aliphatic rings. The first kappa shape index (κ1) is 19.0. The summed E-state index contributed by atoms with van der Waals surface area (Å²) in [5.74, 6) is -0.0611. The van der Waals surface area contributed by atoms with Gasteiger partial charge in [-0.1, -0.05) is 55.8 Å². The second-order valence-corrected chi connectivity index (χ2v) is 6.73. The van der Waals surface area contributed by atoms with Gasteiger partial charge in [-0.15, -0.1) is 0 Å². The Balaban J connectivity index is 2.05. The van der Waals surface area contributed by atoms with Crippen molar-refractivity contribution in [3.8, 4) is 0 Å². The number of nitrogens with zero attached hydrogens (tertiary/aromatic N) is 1. The molecule has 0 radical (unpaired) electrons. The minimum atomic E-state index is -0.211. The fourth-order valence-electron chi connectivity index (χ4n) is 2.57. The van der Waals surface area contributed by atoms with E-state index in [4.69, 9.17) is 11.6 Å². The zero-order chi connectivity index (χ0) is 18.4. The second-order valence-electron chi connectivity index (χ2n) is 6.29. The Labute approximate surface area is 153 Å². The number of halogens is 1. The molecule has 0 bridgehead atoms. The first-order valence-electron chi connectivity index (χ1n) is 8.25. The molecule has 0 spiro atoms. The molecule has 2 aromatic rings. The number of hydrogen-bond acceptors (Lipinski definition) is 2. The van der Waals surface area contributed by atoms with E-state index < -0.39 is 0 Å². The van der Waals surface area contributed by atoms with Crippen LogP contribution in [-0.2, 0) is 16.1 Å². The van der Waals surface area contributed by atoms with Crippen LogP contribution in [0.2, 0.25) is 5.02 Å². The summed E-state index contributed by atoms with van der Waals surface area (Å²) in [6, 6.07) is 15.0. The summed E-state index contributed by atoms with van der Waals surface area (Å²) in [6.45, 7) is 5.99. The lowest BCUT2D eigenvalue weighted by Gasteiger charge is -2.21. The van der Waals surface area contributed by atoms with Crippen LogP contribution in [0.25, 0.3) is 0 Å². The molecule has 1 N–H and O–H groups in total. The Bertz CT molecular complexity index is 742. The van der Waals surface area contributed by atoms with Crippen LogP contribution in [0.15, 0.2) is 48.5 Å². The Hall–Kier alpha value is -2.33. The van der Waals surface area contributed by atoms with Gasteiger partial charge in [0.05, 0.1) is 0 Å². The summed E-state index contributed by atoms with van der Waals surface area (Å²) in [5.41, 5.74) is 2.79. The van der Waals surface area contributed by atoms with Crippen molar-refractivity contribution < 1.29 is 9.59 Å². The fourth-order valence-corrected chi connectivity index (χ4v) is 2.69. The van der Waals surface area contributed by atoms with Crippen molar-refractivity contribution in [2.24, 2.45) is 0 Å². The summed E-state index contributed by atoms with van der Waals surface area (Å²) >= 11 is 5.88. The summed E-state index contributed by atoms with van der Waals surface area (Å²) in [6.07, 6.45) is 0. The first-order chi connectivity index (χ1) is 11.9. The molecular weight excluding hydrogens is 336 g/mol. The monoisotopic (exact) mass is 358 g/mol. The van der Waals surface area contributed by atoms with Gasteiger partial charge in [0.1, 0.15) is 6.54 Å². The molecule has 0 unspecified atom stereocenters. The van der Waals surface area contributed by atoms with Gasteiger partial charge in [0.2, 0.25) is 11.8 Å². The topological polar surface area (TPSA) is 49.4 Å². The summed E-state index contributed by atoms with van der Waals surface area (Å²) < 4.78 is 0. The van der Waals surface area contributed by atoms with Crippen LogP contribution in [0.1, 0.15) is 37.8 Å². The number of para-hydroxylation sites is 1. The van der Waals surface area contributed by atoms with Crippen molar-refractivity contribution in [1.29, 1.82) is 0 Å². The lowest BCUT2D eigenvalue weighted by atomic mass is 10.0. The van der Waals surface area contributed by atoms with Gasteiger partial charge in [-0.25, -0.2) is 0 Å². The Morgan fingerprint density at radius 3 is 2.32 bits per heavy atom. The molecule has 0 saturated carbocycles. The van der Waals surface area contributed by atoms with Gasteiger partial charge in [-0.05, 0) is 35.2 Å². The fraction of sp³-hybridized carbons (Fsp3) is 0.300. The van der Waals surface area contributed by atoms with Gasteiger partial charge < -0.3 is 10.2 Å². The lowest BCUT2D eigenvalue weighted by molar-refractivity contribution is -0.133. The third-order valence-corrected chi connectivity index (χ3v) is 4.18. The van der Waals surface area contributed by atoms with Crippen molar-refractivity contribution in [2.45, 2.75) is 33.2 Å². The van der Waals surface area contributed by atoms with Crippen molar-refractivity contribution in [3.63, 3.8) is 0 Å². The van der Waals surface area contributed by atoms with Crippen LogP contribution in [0.4, 0.5) is 5.69 Å². The molecule has 2 aromatic carbocycles. The molecule has 0 saturated heterocycles. The highest BCUT2D eigenvalue weighted by molar-refractivity contribution is 6.30. The zero-order valence-corrected chi connectivity index (χ0v) is 15.5. The van der Waals surface area contributed by atoms with Gasteiger partial charge in [0.25, 0.3) is 0 Å². The van der Waals surface area contributed by atoms with E-state index in [0.717, 1.165) is 16.8 Å². The zero-order valence-electron chi connectivity index (χ0n) is 14.8. The maximum atomic E-state index is 12.4. The minimum absolute atomic E-state index is 0.00435. The van der Waals surface area contributed by atoms with E-state index in [1.165, 1.54) is 11.8 Å². The molecule has 5 heteroatoms. The quantitative estimate of drug-likeness (QED) is 0.829. The highest BCUT2D eigenvalue weighted by atomic mass is 35.5. The minimum Gasteiger partial charge on any atom is -0.329 e. The average Bonchev–Trinajstić information content (AvgIpc) is 2.56. The Morgan fingerprint density at radius 2 is 1.72 bits per heavy atom. The highest BCUT2D eigenvalue weighted by Crippen LogP contribution is 2.23. The third-order valence-electron chi connectivity index (χ3n) is 3.92. The number of carbonyl (C=O) groups excluding carboxylic acids is 2. The molecule has 0 aliphatic heterocycles. The first-order valence-corrected chi connectivity index (χ1v) is 8.63. The predicted octanol–water partition coefficient (Wildman–Crippen LogP) is 4.45. The molecule has 0 aliphatic carbocycles. The molecule has 2 amide bonds. The molecule has 132 valence electrons. The molecule has 0 atom stereocenters. The van der Waals surface area contributed by atoms with Crippen molar-refractivity contribution in [3.05, 3.63) is 64.7 Å². The third kappa shape index (κ3) is 5.61. The van der Waals surface area contributed by atoms with E-state index in [2.05, 4.69) is 19.2 Å². The van der Waals surface area contributed by atoms with Crippen LogP contribution in [0.3, 0.4) is 0 Å². The number of nitrogens with one attached hydrogen (secondary N) is 1. The lowest BCUT2D eigenvalue weighted by Crippen LogP contribution is -2.36. The maximum absolute atomic E-state index is 12.4. The van der Waals surface area contributed by atoms with Gasteiger partial charge in [-0.3, -0.25) is 9.59 Å². The number of anilines is 1. The van der Waals surface area contributed by atoms with Crippen molar-refractivity contribution in [1.82, 2.24) is 4.90 Å². The van der Waals surface area contributed by atoms with Gasteiger partial charge in [0, 0.05) is 24.2 Å². The van der Waals surface area contributed by atoms with Crippen LogP contribution in [0.5, 0.6) is 0 Å². The number of carbonyl (C=O) groups is 2. The van der Waals surface area contributed by atoms with Crippen LogP contribution in [-0.4, -0.2) is 23.3 Å². The number of benzene rings is 2. The summed E-state index contributed by atoms with van der Waals surface area (Å²) in [5, 5.41) is 3.56. The van der Waals surface area contributed by atoms with Crippen LogP contribution < -0.4 is 5.32 Å². The highest BCUT2D eigenvalue weighted by Gasteiger charge is 2.16. The normalized spacial score (nSPS) is 10.6. The van der Waals surface area contributed by atoms with E-state index >= 15 is 0 Å². The van der Waals surface area contributed by atoms with E-state index in [1.54, 1.807) is 12.1 Å². The van der Waals surface area contributed by atoms with Crippen LogP contribution in [0, 0.1) is 0 Å². The van der Waals surface area contributed by atoms with Gasteiger partial charge in [-0.2, -0.15) is 0 Å². The molecule has 0 aromatic heterocycles. The summed E-state index contributed by atoms with van der Waals surface area (Å²) in [4.78, 5) is 25.8. The van der Waals surface area contributed by atoms with Crippen LogP contribution >= 0.6 is 11.6 Å². The number of hydrogen-bond donors (Lipinski definition) is 1. The van der Waals surface area contributed by atoms with E-state index in [0.29, 0.717) is 17.5 Å². The smallest absolute Gasteiger partial charge is 0.244 e. The number of amides is 2. The second kappa shape index (κ2) is 8.67. The largest absolute Gasteiger partial charge is 0.329 e. The van der Waals surface area contributed by atoms with E-state index in [9.17, 15) is 9.59 Å². The maximum Gasteiger partial charge on any atom is 0.244 e. The average molecular weight is 359 g/mol. The Morgan fingerprint density at radius 1 is 1.08 bits per heavy atom. The predicted molar refractivity (Wildman–Crippen MR) is 102 cm³/mol. The van der Waals surface area contributed by atoms with E-state index in [1.807, 2.05) is 36.4 Å². The SMILES string of the molecule is CC(=O)N(CC(=O)Nc1ccccc1C(C)C)Cc1ccc(Cl)cc1. The molecule has 0 heterocycles. The Kier molecular flexibility index (Phi) is 6.59. The molecule has 2 rings (SSSR count). The van der Waals surface area contributed by atoms with Gasteiger partial charge in [0.15, 0.2) is 0 Å². The molecule has 0 fully saturated rings. The molecule has 25 heavy (non-hydrogen) atoms. The summed E-state index contributed by atoms with van der Waals surface area (Å²) in [7, 11) is 0. The van der Waals surface area contributed by atoms with Crippen molar-refractivity contribution >= 4 is 29.1 Å². The van der Waals surface area contributed by atoms with Gasteiger partial charge >= 0.3 is 0 Å². The molecule has 4 nitrogen and oxygen atoms in total. The molecular formula is C20H23ClN2O2. The van der Waals surface area contributed by atoms with Crippen molar-refractivity contribution in [2.75, 3.05) is 11.9 Å². The number of rotatable bonds is 6. The standard InChI is InChI=1S/C20H23ClN2O2/c1-14(2)18-6-4-5-7-19(18)22-20(25)13-23(15(3)24)12-16-8-10-17(21)11-9-16/h4-11,14H,12-13H2,1-3H3,(H,22,25). The van der Waals surface area contributed by atoms with E-state index in [-0.39, 0.29) is 18.4 Å².